The van der Waals surface area contributed by atoms with Gasteiger partial charge >= 0.3 is 0 Å². The Morgan fingerprint density at radius 1 is 1.16 bits per heavy atom. The van der Waals surface area contributed by atoms with Crippen molar-refractivity contribution in [3.8, 4) is 5.75 Å². The normalized spacial score (nSPS) is 19.4. The van der Waals surface area contributed by atoms with Crippen LogP contribution in [0.3, 0.4) is 0 Å². The summed E-state index contributed by atoms with van der Waals surface area (Å²) in [6.45, 7) is 3.40. The number of hydrogen-bond donors (Lipinski definition) is 1. The first-order valence-electron chi connectivity index (χ1n) is 8.96. The van der Waals surface area contributed by atoms with Crippen molar-refractivity contribution in [2.75, 3.05) is 20.2 Å². The number of piperidine rings is 1. The van der Waals surface area contributed by atoms with Gasteiger partial charge in [-0.1, -0.05) is 0 Å². The molecule has 0 radical (unpaired) electrons. The van der Waals surface area contributed by atoms with Crippen LogP contribution in [0.5, 0.6) is 5.75 Å². The van der Waals surface area contributed by atoms with E-state index < -0.39 is 0 Å². The number of nitrogens with zero attached hydrogens (tertiary/aromatic N) is 1. The Bertz CT molecular complexity index is 608. The van der Waals surface area contributed by atoms with E-state index in [1.807, 2.05) is 36.1 Å². The van der Waals surface area contributed by atoms with Gasteiger partial charge in [-0.2, -0.15) is 0 Å². The average Bonchev–Trinajstić information content (AvgIpc) is 3.47. The number of carbonyl (C=O) groups is 2. The van der Waals surface area contributed by atoms with Crippen molar-refractivity contribution in [2.45, 2.75) is 48.8 Å². The molecule has 1 aromatic rings. The number of carbonyl (C=O) groups excluding carboxylic acids is 2. The third-order valence-electron chi connectivity index (χ3n) is 4.82. The lowest BCUT2D eigenvalue weighted by Crippen LogP contribution is -2.48. The molecule has 1 saturated carbocycles. The largest absolute Gasteiger partial charge is 0.497 e. The van der Waals surface area contributed by atoms with Gasteiger partial charge < -0.3 is 15.0 Å². The van der Waals surface area contributed by atoms with Crippen LogP contribution in [-0.2, 0) is 9.59 Å². The fourth-order valence-corrected chi connectivity index (χ4v) is 4.03. The molecule has 1 unspecified atom stereocenters. The Kier molecular flexibility index (Phi) is 5.89. The molecule has 3 rings (SSSR count). The van der Waals surface area contributed by atoms with E-state index in [1.54, 1.807) is 18.9 Å². The predicted molar refractivity (Wildman–Crippen MR) is 98.8 cm³/mol. The van der Waals surface area contributed by atoms with Crippen LogP contribution in [0.1, 0.15) is 32.6 Å². The molecule has 5 nitrogen and oxygen atoms in total. The van der Waals surface area contributed by atoms with Gasteiger partial charge in [0.1, 0.15) is 5.75 Å². The minimum Gasteiger partial charge on any atom is -0.497 e. The molecule has 1 atom stereocenters. The Labute approximate surface area is 153 Å². The molecule has 2 amide bonds. The van der Waals surface area contributed by atoms with Crippen LogP contribution in [0.4, 0.5) is 0 Å². The first-order valence-corrected chi connectivity index (χ1v) is 9.84. The van der Waals surface area contributed by atoms with Gasteiger partial charge in [-0.05, 0) is 56.9 Å². The van der Waals surface area contributed by atoms with Crippen molar-refractivity contribution in [2.24, 2.45) is 5.92 Å². The van der Waals surface area contributed by atoms with Gasteiger partial charge in [0.25, 0.3) is 0 Å². The minimum absolute atomic E-state index is 0.119. The molecular weight excluding hydrogens is 336 g/mol. The van der Waals surface area contributed by atoms with Gasteiger partial charge in [-0.25, -0.2) is 0 Å². The van der Waals surface area contributed by atoms with Gasteiger partial charge in [0, 0.05) is 29.9 Å². The molecule has 2 aliphatic rings. The third kappa shape index (κ3) is 4.91. The van der Waals surface area contributed by atoms with Crippen LogP contribution >= 0.6 is 11.8 Å². The van der Waals surface area contributed by atoms with Crippen molar-refractivity contribution in [1.29, 1.82) is 0 Å². The van der Waals surface area contributed by atoms with E-state index in [1.165, 1.54) is 0 Å². The predicted octanol–water partition coefficient (Wildman–Crippen LogP) is 2.69. The smallest absolute Gasteiger partial charge is 0.235 e. The first kappa shape index (κ1) is 18.1. The van der Waals surface area contributed by atoms with Gasteiger partial charge in [-0.3, -0.25) is 9.59 Å². The summed E-state index contributed by atoms with van der Waals surface area (Å²) in [4.78, 5) is 27.5. The lowest BCUT2D eigenvalue weighted by atomic mass is 10.0. The average molecular weight is 362 g/mol. The van der Waals surface area contributed by atoms with Crippen molar-refractivity contribution in [1.82, 2.24) is 10.2 Å². The second kappa shape index (κ2) is 8.13. The highest BCUT2D eigenvalue weighted by Crippen LogP contribution is 2.30. The molecule has 1 aliphatic carbocycles. The Hall–Kier alpha value is -1.69. The number of hydrogen-bond acceptors (Lipinski definition) is 4. The van der Waals surface area contributed by atoms with E-state index in [0.717, 1.165) is 49.4 Å². The zero-order valence-corrected chi connectivity index (χ0v) is 15.7. The van der Waals surface area contributed by atoms with Crippen LogP contribution in [-0.4, -0.2) is 48.2 Å². The van der Waals surface area contributed by atoms with E-state index in [2.05, 4.69) is 5.32 Å². The Morgan fingerprint density at radius 2 is 1.80 bits per heavy atom. The Balaban J connectivity index is 1.45. The van der Waals surface area contributed by atoms with Gasteiger partial charge in [0.05, 0.1) is 12.4 Å². The third-order valence-corrected chi connectivity index (χ3v) is 5.92. The van der Waals surface area contributed by atoms with Crippen molar-refractivity contribution >= 4 is 23.6 Å². The van der Waals surface area contributed by atoms with E-state index >= 15 is 0 Å². The zero-order valence-electron chi connectivity index (χ0n) is 14.9. The first-order chi connectivity index (χ1) is 12.1. The maximum absolute atomic E-state index is 12.7. The zero-order chi connectivity index (χ0) is 17.8. The summed E-state index contributed by atoms with van der Waals surface area (Å²) in [7, 11) is 1.64. The minimum atomic E-state index is -0.119. The highest BCUT2D eigenvalue weighted by Gasteiger charge is 2.32. The van der Waals surface area contributed by atoms with Gasteiger partial charge in [0.15, 0.2) is 0 Å². The van der Waals surface area contributed by atoms with Crippen molar-refractivity contribution in [3.05, 3.63) is 24.3 Å². The molecule has 1 saturated heterocycles. The number of nitrogens with one attached hydrogen (secondary N) is 1. The van der Waals surface area contributed by atoms with Crippen molar-refractivity contribution in [3.63, 3.8) is 0 Å². The molecule has 6 heteroatoms. The number of amides is 2. The highest BCUT2D eigenvalue weighted by atomic mass is 32.2. The molecule has 2 fully saturated rings. The summed E-state index contributed by atoms with van der Waals surface area (Å²) >= 11 is 1.57. The maximum atomic E-state index is 12.7. The van der Waals surface area contributed by atoms with E-state index in [0.29, 0.717) is 0 Å². The monoisotopic (exact) mass is 362 g/mol. The number of rotatable bonds is 6. The molecule has 0 bridgehead atoms. The topological polar surface area (TPSA) is 58.6 Å². The van der Waals surface area contributed by atoms with Crippen LogP contribution in [0.2, 0.25) is 0 Å². The lowest BCUT2D eigenvalue weighted by molar-refractivity contribution is -0.131. The van der Waals surface area contributed by atoms with E-state index in [4.69, 9.17) is 4.74 Å². The fourth-order valence-electron chi connectivity index (χ4n) is 3.07. The molecule has 0 aromatic heterocycles. The van der Waals surface area contributed by atoms with E-state index in [-0.39, 0.29) is 29.0 Å². The molecule has 1 heterocycles. The standard InChI is InChI=1S/C19H26N2O3S/c1-13(25-17-7-5-16(24-2)6-8-17)19(23)21-11-9-15(10-12-21)20-18(22)14-3-4-14/h5-8,13-15H,3-4,9-12H2,1-2H3,(H,20,22). The molecule has 25 heavy (non-hydrogen) atoms. The second-order valence-electron chi connectivity index (χ2n) is 6.82. The summed E-state index contributed by atoms with van der Waals surface area (Å²) in [5, 5.41) is 3.01. The highest BCUT2D eigenvalue weighted by molar-refractivity contribution is 8.00. The SMILES string of the molecule is COc1ccc(SC(C)C(=O)N2CCC(NC(=O)C3CC3)CC2)cc1. The summed E-state index contributed by atoms with van der Waals surface area (Å²) in [6.07, 6.45) is 3.76. The number of methoxy groups -OCH3 is 1. The Morgan fingerprint density at radius 3 is 2.36 bits per heavy atom. The molecule has 1 aliphatic heterocycles. The van der Waals surface area contributed by atoms with E-state index in [9.17, 15) is 9.59 Å². The second-order valence-corrected chi connectivity index (χ2v) is 8.23. The fraction of sp³-hybridized carbons (Fsp3) is 0.579. The number of ether oxygens (including phenoxy) is 1. The van der Waals surface area contributed by atoms with Gasteiger partial charge in [-0.15, -0.1) is 11.8 Å². The quantitative estimate of drug-likeness (QED) is 0.791. The lowest BCUT2D eigenvalue weighted by Gasteiger charge is -2.33. The van der Waals surface area contributed by atoms with Gasteiger partial charge in [0.2, 0.25) is 11.8 Å². The molecule has 1 aromatic carbocycles. The van der Waals surface area contributed by atoms with Crippen LogP contribution < -0.4 is 10.1 Å². The number of benzene rings is 1. The molecule has 136 valence electrons. The summed E-state index contributed by atoms with van der Waals surface area (Å²) in [5.41, 5.74) is 0. The number of likely N-dealkylation sites (tertiary alicyclic amines) is 1. The molecular formula is C19H26N2O3S. The van der Waals surface area contributed by atoms with Crippen LogP contribution in [0.25, 0.3) is 0 Å². The molecule has 1 N–H and O–H groups in total. The summed E-state index contributed by atoms with van der Waals surface area (Å²) in [5.74, 6) is 1.44. The number of thioether (sulfide) groups is 1. The van der Waals surface area contributed by atoms with Crippen LogP contribution in [0.15, 0.2) is 29.2 Å². The van der Waals surface area contributed by atoms with Crippen molar-refractivity contribution < 1.29 is 14.3 Å². The maximum Gasteiger partial charge on any atom is 0.235 e. The van der Waals surface area contributed by atoms with Crippen LogP contribution in [0, 0.1) is 5.92 Å². The summed E-state index contributed by atoms with van der Waals surface area (Å²) in [6, 6.07) is 8.00. The molecule has 0 spiro atoms. The summed E-state index contributed by atoms with van der Waals surface area (Å²) < 4.78 is 5.16.